The van der Waals surface area contributed by atoms with Gasteiger partial charge in [-0.2, -0.15) is 0 Å². The van der Waals surface area contributed by atoms with Crippen LogP contribution >= 0.6 is 39.0 Å². The highest BCUT2D eigenvalue weighted by Crippen LogP contribution is 2.28. The van der Waals surface area contributed by atoms with Crippen LogP contribution in [0.2, 0.25) is 0 Å². The first-order valence-electron chi connectivity index (χ1n) is 7.10. The fourth-order valence-corrected chi connectivity index (χ4v) is 4.09. The molecule has 8 heteroatoms. The molecule has 0 saturated carbocycles. The minimum Gasteiger partial charge on any atom is -0.346 e. The SMILES string of the molecule is O=C(NCc1ccccc1)c1nnc(CSc2ncccc2Br)s1. The number of carbonyl (C=O) groups excluding carboxylic acids is 1. The summed E-state index contributed by atoms with van der Waals surface area (Å²) in [5.74, 6) is 0.422. The van der Waals surface area contributed by atoms with Crippen molar-refractivity contribution in [3.63, 3.8) is 0 Å². The second-order valence-corrected chi connectivity index (χ2v) is 7.63. The summed E-state index contributed by atoms with van der Waals surface area (Å²) in [4.78, 5) is 16.4. The van der Waals surface area contributed by atoms with Crippen LogP contribution in [0.15, 0.2) is 58.2 Å². The molecule has 2 heterocycles. The molecule has 0 spiro atoms. The van der Waals surface area contributed by atoms with E-state index < -0.39 is 0 Å². The van der Waals surface area contributed by atoms with Crippen LogP contribution in [0.3, 0.4) is 0 Å². The molecule has 1 amide bonds. The standard InChI is InChI=1S/C16H13BrN4OS2/c17-12-7-4-8-18-15(12)23-10-13-20-21-16(24-13)14(22)19-9-11-5-2-1-3-6-11/h1-8H,9-10H2,(H,19,22). The largest absolute Gasteiger partial charge is 0.346 e. The van der Waals surface area contributed by atoms with E-state index in [1.54, 1.807) is 18.0 Å². The molecule has 122 valence electrons. The van der Waals surface area contributed by atoms with Gasteiger partial charge >= 0.3 is 0 Å². The van der Waals surface area contributed by atoms with Crippen LogP contribution in [-0.4, -0.2) is 21.1 Å². The zero-order valence-corrected chi connectivity index (χ0v) is 15.7. The third-order valence-corrected chi connectivity index (χ3v) is 6.04. The Morgan fingerprint density at radius 3 is 2.79 bits per heavy atom. The van der Waals surface area contributed by atoms with Crippen molar-refractivity contribution in [1.29, 1.82) is 0 Å². The number of hydrogen-bond acceptors (Lipinski definition) is 6. The lowest BCUT2D eigenvalue weighted by molar-refractivity contribution is 0.0950. The molecule has 0 aliphatic rings. The van der Waals surface area contributed by atoms with Crippen molar-refractivity contribution in [2.24, 2.45) is 0 Å². The van der Waals surface area contributed by atoms with Gasteiger partial charge in [0.2, 0.25) is 5.01 Å². The van der Waals surface area contributed by atoms with E-state index in [2.05, 4.69) is 36.4 Å². The first-order valence-corrected chi connectivity index (χ1v) is 9.69. The zero-order chi connectivity index (χ0) is 16.8. The van der Waals surface area contributed by atoms with Crippen molar-refractivity contribution in [3.8, 4) is 0 Å². The molecular weight excluding hydrogens is 408 g/mol. The number of hydrogen-bond donors (Lipinski definition) is 1. The van der Waals surface area contributed by atoms with Gasteiger partial charge in [-0.3, -0.25) is 4.79 Å². The van der Waals surface area contributed by atoms with E-state index in [1.807, 2.05) is 42.5 Å². The van der Waals surface area contributed by atoms with Gasteiger partial charge in [-0.25, -0.2) is 4.98 Å². The number of pyridine rings is 1. The molecule has 0 saturated heterocycles. The molecule has 3 rings (SSSR count). The molecule has 0 aliphatic heterocycles. The van der Waals surface area contributed by atoms with Gasteiger partial charge in [-0.15, -0.1) is 10.2 Å². The fourth-order valence-electron chi connectivity index (χ4n) is 1.87. The normalized spacial score (nSPS) is 10.5. The molecule has 1 N–H and O–H groups in total. The molecular formula is C16H13BrN4OS2. The maximum atomic E-state index is 12.1. The van der Waals surface area contributed by atoms with Gasteiger partial charge in [0, 0.05) is 17.2 Å². The number of nitrogens with one attached hydrogen (secondary N) is 1. The fraction of sp³-hybridized carbons (Fsp3) is 0.125. The van der Waals surface area contributed by atoms with Gasteiger partial charge in [0.05, 0.1) is 5.75 Å². The molecule has 0 fully saturated rings. The van der Waals surface area contributed by atoms with Gasteiger partial charge in [-0.1, -0.05) is 53.4 Å². The third kappa shape index (κ3) is 4.62. The summed E-state index contributed by atoms with van der Waals surface area (Å²) < 4.78 is 0.945. The Labute approximate surface area is 156 Å². The van der Waals surface area contributed by atoms with Gasteiger partial charge in [0.1, 0.15) is 10.0 Å². The molecule has 24 heavy (non-hydrogen) atoms. The summed E-state index contributed by atoms with van der Waals surface area (Å²) in [7, 11) is 0. The van der Waals surface area contributed by atoms with E-state index in [-0.39, 0.29) is 5.91 Å². The predicted octanol–water partition coefficient (Wildman–Crippen LogP) is 3.92. The molecule has 2 aromatic heterocycles. The molecule has 1 aromatic carbocycles. The highest BCUT2D eigenvalue weighted by Gasteiger charge is 2.13. The van der Waals surface area contributed by atoms with Crippen LogP contribution in [-0.2, 0) is 12.3 Å². The van der Waals surface area contributed by atoms with E-state index in [1.165, 1.54) is 11.3 Å². The number of aromatic nitrogens is 3. The average Bonchev–Trinajstić information content (AvgIpc) is 3.09. The number of thioether (sulfide) groups is 1. The van der Waals surface area contributed by atoms with Crippen molar-refractivity contribution in [2.45, 2.75) is 17.3 Å². The van der Waals surface area contributed by atoms with Crippen molar-refractivity contribution < 1.29 is 4.79 Å². The number of carbonyl (C=O) groups is 1. The van der Waals surface area contributed by atoms with E-state index in [0.29, 0.717) is 17.3 Å². The monoisotopic (exact) mass is 420 g/mol. The van der Waals surface area contributed by atoms with Crippen LogP contribution in [0.25, 0.3) is 0 Å². The summed E-state index contributed by atoms with van der Waals surface area (Å²) in [5, 5.41) is 13.0. The summed E-state index contributed by atoms with van der Waals surface area (Å²) in [6.07, 6.45) is 1.75. The van der Waals surface area contributed by atoms with Crippen molar-refractivity contribution in [2.75, 3.05) is 0 Å². The van der Waals surface area contributed by atoms with Crippen LogP contribution < -0.4 is 5.32 Å². The topological polar surface area (TPSA) is 67.8 Å². The van der Waals surface area contributed by atoms with Crippen molar-refractivity contribution >= 4 is 44.9 Å². The minimum atomic E-state index is -0.202. The molecule has 0 radical (unpaired) electrons. The van der Waals surface area contributed by atoms with E-state index in [0.717, 1.165) is 20.1 Å². The smallest absolute Gasteiger partial charge is 0.282 e. The summed E-state index contributed by atoms with van der Waals surface area (Å²) in [6.45, 7) is 0.476. The van der Waals surface area contributed by atoms with E-state index >= 15 is 0 Å². The van der Waals surface area contributed by atoms with E-state index in [9.17, 15) is 4.79 Å². The Kier molecular flexibility index (Phi) is 5.95. The lowest BCUT2D eigenvalue weighted by Crippen LogP contribution is -2.22. The van der Waals surface area contributed by atoms with Crippen LogP contribution in [0, 0.1) is 0 Å². The van der Waals surface area contributed by atoms with Gasteiger partial charge in [0.25, 0.3) is 5.91 Å². The minimum absolute atomic E-state index is 0.202. The molecule has 3 aromatic rings. The maximum absolute atomic E-state index is 12.1. The second kappa shape index (κ2) is 8.36. The Hall–Kier alpha value is -1.77. The summed E-state index contributed by atoms with van der Waals surface area (Å²) in [5.41, 5.74) is 1.05. The third-order valence-electron chi connectivity index (χ3n) is 3.01. The number of halogens is 1. The van der Waals surface area contributed by atoms with Crippen LogP contribution in [0.1, 0.15) is 20.4 Å². The Morgan fingerprint density at radius 1 is 1.17 bits per heavy atom. The van der Waals surface area contributed by atoms with Gasteiger partial charge in [-0.05, 0) is 33.6 Å². The highest BCUT2D eigenvalue weighted by atomic mass is 79.9. The lowest BCUT2D eigenvalue weighted by Gasteiger charge is -2.02. The number of benzene rings is 1. The van der Waals surface area contributed by atoms with Gasteiger partial charge in [0.15, 0.2) is 0 Å². The molecule has 0 aliphatic carbocycles. The van der Waals surface area contributed by atoms with Gasteiger partial charge < -0.3 is 5.32 Å². The average molecular weight is 421 g/mol. The summed E-state index contributed by atoms with van der Waals surface area (Å²) in [6, 6.07) is 13.6. The highest BCUT2D eigenvalue weighted by molar-refractivity contribution is 9.10. The van der Waals surface area contributed by atoms with Crippen molar-refractivity contribution in [1.82, 2.24) is 20.5 Å². The zero-order valence-electron chi connectivity index (χ0n) is 12.5. The summed E-state index contributed by atoms with van der Waals surface area (Å²) >= 11 is 6.32. The Morgan fingerprint density at radius 2 is 2.00 bits per heavy atom. The molecule has 0 unspecified atom stereocenters. The van der Waals surface area contributed by atoms with Crippen LogP contribution in [0.5, 0.6) is 0 Å². The number of amides is 1. The van der Waals surface area contributed by atoms with E-state index in [4.69, 9.17) is 0 Å². The Balaban J connectivity index is 1.55. The predicted molar refractivity (Wildman–Crippen MR) is 99.0 cm³/mol. The second-order valence-electron chi connectivity index (χ2n) is 4.75. The quantitative estimate of drug-likeness (QED) is 0.612. The van der Waals surface area contributed by atoms with Crippen LogP contribution in [0.4, 0.5) is 0 Å². The Bertz CT molecular complexity index is 826. The number of rotatable bonds is 6. The van der Waals surface area contributed by atoms with Crippen molar-refractivity contribution in [3.05, 3.63) is 68.7 Å². The number of nitrogens with zero attached hydrogens (tertiary/aromatic N) is 3. The maximum Gasteiger partial charge on any atom is 0.282 e. The first kappa shape index (κ1) is 17.1. The first-order chi connectivity index (χ1) is 11.7. The molecule has 0 bridgehead atoms. The lowest BCUT2D eigenvalue weighted by atomic mass is 10.2. The molecule has 0 atom stereocenters. The molecule has 5 nitrogen and oxygen atoms in total.